The van der Waals surface area contributed by atoms with E-state index in [4.69, 9.17) is 9.26 Å². The Hall–Kier alpha value is -2.48. The van der Waals surface area contributed by atoms with Crippen molar-refractivity contribution >= 4 is 11.9 Å². The maximum absolute atomic E-state index is 12.6. The van der Waals surface area contributed by atoms with Crippen LogP contribution in [0.5, 0.6) is 0 Å². The van der Waals surface area contributed by atoms with E-state index in [-0.39, 0.29) is 11.8 Å². The molecular weight excluding hydrogens is 322 g/mol. The molecule has 1 aliphatic heterocycles. The van der Waals surface area contributed by atoms with Gasteiger partial charge in [-0.1, -0.05) is 5.16 Å². The molecule has 0 spiro atoms. The van der Waals surface area contributed by atoms with E-state index in [1.165, 1.54) is 0 Å². The summed E-state index contributed by atoms with van der Waals surface area (Å²) in [6.07, 6.45) is 2.48. The highest BCUT2D eigenvalue weighted by atomic mass is 16.5. The molecule has 1 fully saturated rings. The quantitative estimate of drug-likeness (QED) is 0.812. The predicted octanol–water partition coefficient (Wildman–Crippen LogP) is 1.50. The van der Waals surface area contributed by atoms with Crippen LogP contribution < -0.4 is 4.90 Å². The summed E-state index contributed by atoms with van der Waals surface area (Å²) >= 11 is 0. The van der Waals surface area contributed by atoms with Gasteiger partial charge in [0.15, 0.2) is 5.76 Å². The van der Waals surface area contributed by atoms with Gasteiger partial charge in [0.2, 0.25) is 11.9 Å². The molecule has 2 aromatic heterocycles. The Morgan fingerprint density at radius 3 is 2.76 bits per heavy atom. The number of rotatable bonds is 5. The zero-order valence-corrected chi connectivity index (χ0v) is 15.0. The Morgan fingerprint density at radius 2 is 2.16 bits per heavy atom. The van der Waals surface area contributed by atoms with Gasteiger partial charge in [0.25, 0.3) is 0 Å². The summed E-state index contributed by atoms with van der Waals surface area (Å²) in [4.78, 5) is 25.1. The topological polar surface area (TPSA) is 84.6 Å². The van der Waals surface area contributed by atoms with Crippen molar-refractivity contribution in [3.8, 4) is 11.3 Å². The van der Waals surface area contributed by atoms with Crippen LogP contribution in [0.15, 0.2) is 16.8 Å². The zero-order chi connectivity index (χ0) is 18.0. The van der Waals surface area contributed by atoms with Crippen LogP contribution in [-0.4, -0.2) is 60.3 Å². The SMILES string of the molecule is Cc1cc(-c2cnc(N(C)C)nc2CN(C)C(=O)[C@H]2CCOC2)on1. The van der Waals surface area contributed by atoms with E-state index < -0.39 is 0 Å². The van der Waals surface area contributed by atoms with Gasteiger partial charge >= 0.3 is 0 Å². The number of hydrogen-bond acceptors (Lipinski definition) is 7. The van der Waals surface area contributed by atoms with Crippen LogP contribution in [0.3, 0.4) is 0 Å². The first-order valence-corrected chi connectivity index (χ1v) is 8.25. The van der Waals surface area contributed by atoms with Gasteiger partial charge in [0, 0.05) is 40.0 Å². The largest absolute Gasteiger partial charge is 0.381 e. The van der Waals surface area contributed by atoms with Gasteiger partial charge in [-0.2, -0.15) is 0 Å². The van der Waals surface area contributed by atoms with Gasteiger partial charge in [0.1, 0.15) is 0 Å². The second kappa shape index (κ2) is 7.18. The van der Waals surface area contributed by atoms with Crippen LogP contribution >= 0.6 is 0 Å². The molecule has 0 unspecified atom stereocenters. The molecule has 0 radical (unpaired) electrons. The van der Waals surface area contributed by atoms with Crippen molar-refractivity contribution in [3.05, 3.63) is 23.7 Å². The standard InChI is InChI=1S/C17H23N5O3/c1-11-7-15(25-20-11)13-8-18-17(21(2)3)19-14(13)9-22(4)16(23)12-5-6-24-10-12/h7-8,12H,5-6,9-10H2,1-4H3/t12-/m0/s1. The number of carbonyl (C=O) groups excluding carboxylic acids is 1. The fourth-order valence-electron chi connectivity index (χ4n) is 2.78. The van der Waals surface area contributed by atoms with Crippen LogP contribution in [0.1, 0.15) is 17.8 Å². The summed E-state index contributed by atoms with van der Waals surface area (Å²) in [6.45, 7) is 3.36. The van der Waals surface area contributed by atoms with E-state index in [9.17, 15) is 4.79 Å². The summed E-state index contributed by atoms with van der Waals surface area (Å²) in [7, 11) is 5.54. The minimum atomic E-state index is -0.0730. The van der Waals surface area contributed by atoms with E-state index in [1.54, 1.807) is 18.1 Å². The molecule has 0 N–H and O–H groups in total. The second-order valence-corrected chi connectivity index (χ2v) is 6.51. The van der Waals surface area contributed by atoms with Crippen molar-refractivity contribution in [2.45, 2.75) is 19.9 Å². The monoisotopic (exact) mass is 345 g/mol. The van der Waals surface area contributed by atoms with Crippen LogP contribution in [0.2, 0.25) is 0 Å². The third-order valence-corrected chi connectivity index (χ3v) is 4.19. The predicted molar refractivity (Wildman–Crippen MR) is 92.0 cm³/mol. The maximum Gasteiger partial charge on any atom is 0.228 e. The minimum Gasteiger partial charge on any atom is -0.381 e. The number of aromatic nitrogens is 3. The molecule has 3 rings (SSSR count). The molecule has 0 saturated carbocycles. The van der Waals surface area contributed by atoms with E-state index in [0.717, 1.165) is 23.4 Å². The van der Waals surface area contributed by atoms with Crippen molar-refractivity contribution in [2.75, 3.05) is 39.3 Å². The highest BCUT2D eigenvalue weighted by Crippen LogP contribution is 2.26. The van der Waals surface area contributed by atoms with E-state index >= 15 is 0 Å². The molecule has 2 aromatic rings. The average molecular weight is 345 g/mol. The van der Waals surface area contributed by atoms with Crippen molar-refractivity contribution in [1.82, 2.24) is 20.0 Å². The number of ether oxygens (including phenoxy) is 1. The highest BCUT2D eigenvalue weighted by Gasteiger charge is 2.27. The summed E-state index contributed by atoms with van der Waals surface area (Å²) < 4.78 is 10.7. The third kappa shape index (κ3) is 3.79. The molecule has 0 bridgehead atoms. The van der Waals surface area contributed by atoms with Gasteiger partial charge in [-0.05, 0) is 13.3 Å². The molecule has 134 valence electrons. The van der Waals surface area contributed by atoms with E-state index in [0.29, 0.717) is 31.5 Å². The molecule has 0 aromatic carbocycles. The highest BCUT2D eigenvalue weighted by molar-refractivity contribution is 5.79. The van der Waals surface area contributed by atoms with Gasteiger partial charge in [-0.3, -0.25) is 4.79 Å². The van der Waals surface area contributed by atoms with Gasteiger partial charge in [-0.25, -0.2) is 9.97 Å². The molecular formula is C17H23N5O3. The lowest BCUT2D eigenvalue weighted by Crippen LogP contribution is -2.33. The fourth-order valence-corrected chi connectivity index (χ4v) is 2.78. The molecule has 8 heteroatoms. The lowest BCUT2D eigenvalue weighted by Gasteiger charge is -2.21. The van der Waals surface area contributed by atoms with Crippen molar-refractivity contribution in [3.63, 3.8) is 0 Å². The molecule has 0 aliphatic carbocycles. The summed E-state index contributed by atoms with van der Waals surface area (Å²) in [5.74, 6) is 1.18. The van der Waals surface area contributed by atoms with Crippen LogP contribution in [0.25, 0.3) is 11.3 Å². The molecule has 3 heterocycles. The Bertz CT molecular complexity index is 752. The molecule has 8 nitrogen and oxygen atoms in total. The first kappa shape index (κ1) is 17.3. The van der Waals surface area contributed by atoms with Crippen molar-refractivity contribution < 1.29 is 14.1 Å². The Labute approximate surface area is 146 Å². The Balaban J connectivity index is 1.89. The molecule has 1 aliphatic rings. The van der Waals surface area contributed by atoms with E-state index in [1.807, 2.05) is 32.0 Å². The molecule has 1 amide bonds. The van der Waals surface area contributed by atoms with Crippen LogP contribution in [0, 0.1) is 12.8 Å². The molecule has 25 heavy (non-hydrogen) atoms. The molecule has 1 atom stereocenters. The van der Waals surface area contributed by atoms with E-state index in [2.05, 4.69) is 15.1 Å². The van der Waals surface area contributed by atoms with Crippen molar-refractivity contribution in [1.29, 1.82) is 0 Å². The summed E-state index contributed by atoms with van der Waals surface area (Å²) in [6, 6.07) is 1.84. The smallest absolute Gasteiger partial charge is 0.228 e. The fraction of sp³-hybridized carbons (Fsp3) is 0.529. The van der Waals surface area contributed by atoms with Crippen molar-refractivity contribution in [2.24, 2.45) is 5.92 Å². The first-order chi connectivity index (χ1) is 12.0. The number of anilines is 1. The maximum atomic E-state index is 12.6. The number of carbonyl (C=O) groups is 1. The minimum absolute atomic E-state index is 0.0715. The normalized spacial score (nSPS) is 16.9. The number of aryl methyl sites for hydroxylation is 1. The Morgan fingerprint density at radius 1 is 1.36 bits per heavy atom. The lowest BCUT2D eigenvalue weighted by atomic mass is 10.1. The van der Waals surface area contributed by atoms with Gasteiger partial charge < -0.3 is 19.1 Å². The lowest BCUT2D eigenvalue weighted by molar-refractivity contribution is -0.134. The third-order valence-electron chi connectivity index (χ3n) is 4.19. The molecule has 1 saturated heterocycles. The van der Waals surface area contributed by atoms with Gasteiger partial charge in [0.05, 0.1) is 36.0 Å². The first-order valence-electron chi connectivity index (χ1n) is 8.25. The number of amides is 1. The summed E-state index contributed by atoms with van der Waals surface area (Å²) in [5, 5.41) is 3.93. The van der Waals surface area contributed by atoms with Crippen LogP contribution in [-0.2, 0) is 16.1 Å². The van der Waals surface area contributed by atoms with Crippen LogP contribution in [0.4, 0.5) is 5.95 Å². The number of nitrogens with zero attached hydrogens (tertiary/aromatic N) is 5. The van der Waals surface area contributed by atoms with Gasteiger partial charge in [-0.15, -0.1) is 0 Å². The summed E-state index contributed by atoms with van der Waals surface area (Å²) in [5.41, 5.74) is 2.25. The second-order valence-electron chi connectivity index (χ2n) is 6.51. The number of hydrogen-bond donors (Lipinski definition) is 0. The zero-order valence-electron chi connectivity index (χ0n) is 15.0. The Kier molecular flexibility index (Phi) is 4.98. The average Bonchev–Trinajstić information content (AvgIpc) is 3.25.